The lowest BCUT2D eigenvalue weighted by atomic mass is 10.0. The van der Waals surface area contributed by atoms with E-state index in [-0.39, 0.29) is 29.4 Å². The van der Waals surface area contributed by atoms with Crippen molar-refractivity contribution >= 4 is 23.5 Å². The molecule has 2 aromatic heterocycles. The Balaban J connectivity index is 2.01. The molecule has 170 valence electrons. The number of hydrogen-bond acceptors (Lipinski definition) is 6. The summed E-state index contributed by atoms with van der Waals surface area (Å²) in [5.74, 6) is -0.484. The standard InChI is InChI=1S/C22H25ClN4O5/c1-11(2)10-16(22(29)30)24-20(28)18-13(4)32-26-19(18)17-12(3)25-27(5)21(17)31-15-8-6-14(23)7-9-15/h6-9,11,16H,10H2,1-5H3,(H,24,28)(H,29,30)/t16-/m0/s1. The summed E-state index contributed by atoms with van der Waals surface area (Å²) in [6.45, 7) is 7.12. The first-order valence-electron chi connectivity index (χ1n) is 10.1. The molecule has 0 aliphatic rings. The highest BCUT2D eigenvalue weighted by Crippen LogP contribution is 2.38. The lowest BCUT2D eigenvalue weighted by molar-refractivity contribution is -0.139. The van der Waals surface area contributed by atoms with Crippen molar-refractivity contribution in [2.24, 2.45) is 13.0 Å². The molecule has 1 amide bonds. The number of halogens is 1. The summed E-state index contributed by atoms with van der Waals surface area (Å²) in [5, 5.41) is 21.1. The maximum atomic E-state index is 13.1. The van der Waals surface area contributed by atoms with E-state index < -0.39 is 17.9 Å². The van der Waals surface area contributed by atoms with Crippen molar-refractivity contribution in [3.8, 4) is 22.9 Å². The summed E-state index contributed by atoms with van der Waals surface area (Å²) in [7, 11) is 1.71. The van der Waals surface area contributed by atoms with Crippen molar-refractivity contribution in [1.82, 2.24) is 20.3 Å². The monoisotopic (exact) mass is 460 g/mol. The fraction of sp³-hybridized carbons (Fsp3) is 0.364. The number of nitrogens with one attached hydrogen (secondary N) is 1. The van der Waals surface area contributed by atoms with Gasteiger partial charge in [0, 0.05) is 12.1 Å². The molecule has 2 heterocycles. The van der Waals surface area contributed by atoms with Gasteiger partial charge in [0.05, 0.1) is 11.3 Å². The zero-order chi connectivity index (χ0) is 23.6. The minimum Gasteiger partial charge on any atom is -0.480 e. The van der Waals surface area contributed by atoms with Crippen LogP contribution in [0.15, 0.2) is 28.8 Å². The molecule has 0 fully saturated rings. The number of carbonyl (C=O) groups is 2. The molecular formula is C22H25ClN4O5. The third-order valence-electron chi connectivity index (χ3n) is 4.83. The van der Waals surface area contributed by atoms with Crippen LogP contribution in [0.25, 0.3) is 11.3 Å². The van der Waals surface area contributed by atoms with Crippen LogP contribution in [-0.2, 0) is 11.8 Å². The summed E-state index contributed by atoms with van der Waals surface area (Å²) < 4.78 is 12.9. The summed E-state index contributed by atoms with van der Waals surface area (Å²) >= 11 is 5.95. The van der Waals surface area contributed by atoms with Crippen LogP contribution in [0.4, 0.5) is 0 Å². The molecule has 0 unspecified atom stereocenters. The molecule has 0 aliphatic heterocycles. The van der Waals surface area contributed by atoms with Crippen LogP contribution in [0.2, 0.25) is 5.02 Å². The Morgan fingerprint density at radius 2 is 1.91 bits per heavy atom. The summed E-state index contributed by atoms with van der Waals surface area (Å²) in [6.07, 6.45) is 0.289. The second-order valence-electron chi connectivity index (χ2n) is 7.90. The van der Waals surface area contributed by atoms with Gasteiger partial charge in [-0.1, -0.05) is 30.6 Å². The number of aliphatic carboxylic acids is 1. The van der Waals surface area contributed by atoms with E-state index in [2.05, 4.69) is 15.6 Å². The normalized spacial score (nSPS) is 12.1. The van der Waals surface area contributed by atoms with Crippen molar-refractivity contribution in [3.63, 3.8) is 0 Å². The zero-order valence-electron chi connectivity index (χ0n) is 18.5. The molecule has 0 bridgehead atoms. The quantitative estimate of drug-likeness (QED) is 0.512. The smallest absolute Gasteiger partial charge is 0.326 e. The van der Waals surface area contributed by atoms with Crippen molar-refractivity contribution in [1.29, 1.82) is 0 Å². The van der Waals surface area contributed by atoms with E-state index in [0.29, 0.717) is 27.9 Å². The third-order valence-corrected chi connectivity index (χ3v) is 5.09. The number of nitrogens with zero attached hydrogens (tertiary/aromatic N) is 3. The molecule has 0 aliphatic carbocycles. The van der Waals surface area contributed by atoms with E-state index in [1.807, 2.05) is 13.8 Å². The van der Waals surface area contributed by atoms with Gasteiger partial charge in [-0.25, -0.2) is 9.48 Å². The number of carbonyl (C=O) groups excluding carboxylic acids is 1. The minimum atomic E-state index is -1.10. The Bertz CT molecular complexity index is 1130. The largest absolute Gasteiger partial charge is 0.480 e. The van der Waals surface area contributed by atoms with E-state index in [4.69, 9.17) is 20.9 Å². The first-order chi connectivity index (χ1) is 15.1. The van der Waals surface area contributed by atoms with Gasteiger partial charge in [0.2, 0.25) is 5.88 Å². The van der Waals surface area contributed by atoms with Crippen molar-refractivity contribution in [3.05, 3.63) is 46.3 Å². The molecule has 3 rings (SSSR count). The van der Waals surface area contributed by atoms with Crippen LogP contribution in [0.5, 0.6) is 11.6 Å². The first-order valence-corrected chi connectivity index (χ1v) is 10.4. The van der Waals surface area contributed by atoms with Crippen molar-refractivity contribution < 1.29 is 24.0 Å². The number of benzene rings is 1. The molecule has 10 heteroatoms. The molecule has 0 saturated heterocycles. The van der Waals surface area contributed by atoms with Gasteiger partial charge >= 0.3 is 5.97 Å². The summed E-state index contributed by atoms with van der Waals surface area (Å²) in [4.78, 5) is 24.7. The van der Waals surface area contributed by atoms with Crippen molar-refractivity contribution in [2.45, 2.75) is 40.2 Å². The van der Waals surface area contributed by atoms with Gasteiger partial charge in [0.15, 0.2) is 0 Å². The zero-order valence-corrected chi connectivity index (χ0v) is 19.2. The predicted molar refractivity (Wildman–Crippen MR) is 118 cm³/mol. The lowest BCUT2D eigenvalue weighted by Gasteiger charge is -2.16. The number of carboxylic acids is 1. The lowest BCUT2D eigenvalue weighted by Crippen LogP contribution is -2.41. The molecule has 0 radical (unpaired) electrons. The number of aryl methyl sites for hydroxylation is 3. The van der Waals surface area contributed by atoms with Gasteiger partial charge in [-0.05, 0) is 50.5 Å². The molecule has 0 spiro atoms. The Kier molecular flexibility index (Phi) is 6.88. The molecule has 9 nitrogen and oxygen atoms in total. The number of hydrogen-bond donors (Lipinski definition) is 2. The third kappa shape index (κ3) is 4.94. The molecule has 0 saturated carbocycles. The van der Waals surface area contributed by atoms with Crippen molar-refractivity contribution in [2.75, 3.05) is 0 Å². The Morgan fingerprint density at radius 1 is 1.25 bits per heavy atom. The van der Waals surface area contributed by atoms with E-state index in [1.165, 1.54) is 4.68 Å². The Morgan fingerprint density at radius 3 is 2.50 bits per heavy atom. The van der Waals surface area contributed by atoms with Crippen LogP contribution in [0, 0.1) is 19.8 Å². The average Bonchev–Trinajstić information content (AvgIpc) is 3.21. The second-order valence-corrected chi connectivity index (χ2v) is 8.34. The summed E-state index contributed by atoms with van der Waals surface area (Å²) in [5.41, 5.74) is 1.40. The van der Waals surface area contributed by atoms with E-state index in [0.717, 1.165) is 0 Å². The maximum Gasteiger partial charge on any atom is 0.326 e. The SMILES string of the molecule is Cc1nn(C)c(Oc2ccc(Cl)cc2)c1-c1noc(C)c1C(=O)N[C@@H](CC(C)C)C(=O)O. The molecular weight excluding hydrogens is 436 g/mol. The first kappa shape index (κ1) is 23.3. The predicted octanol–water partition coefficient (Wildman–Crippen LogP) is 4.37. The van der Waals surface area contributed by atoms with E-state index >= 15 is 0 Å². The molecule has 1 atom stereocenters. The number of amides is 1. The number of carboxylic acid groups (broad SMARTS) is 1. The highest BCUT2D eigenvalue weighted by molar-refractivity contribution is 6.30. The van der Waals surface area contributed by atoms with Gasteiger partial charge < -0.3 is 19.7 Å². The van der Waals surface area contributed by atoms with Gasteiger partial charge in [-0.2, -0.15) is 5.10 Å². The van der Waals surface area contributed by atoms with Crippen LogP contribution in [-0.4, -0.2) is 38.0 Å². The van der Waals surface area contributed by atoms with E-state index in [1.54, 1.807) is 45.2 Å². The number of rotatable bonds is 8. The second kappa shape index (κ2) is 9.44. The average molecular weight is 461 g/mol. The fourth-order valence-electron chi connectivity index (χ4n) is 3.37. The molecule has 32 heavy (non-hydrogen) atoms. The Labute approximate surface area is 190 Å². The summed E-state index contributed by atoms with van der Waals surface area (Å²) in [6, 6.07) is 5.77. The highest BCUT2D eigenvalue weighted by atomic mass is 35.5. The van der Waals surface area contributed by atoms with Crippen LogP contribution < -0.4 is 10.1 Å². The molecule has 2 N–H and O–H groups in total. The highest BCUT2D eigenvalue weighted by Gasteiger charge is 2.31. The maximum absolute atomic E-state index is 13.1. The number of aromatic nitrogens is 3. The van der Waals surface area contributed by atoms with Gasteiger partial charge in [0.1, 0.15) is 28.8 Å². The molecule has 1 aromatic carbocycles. The topological polar surface area (TPSA) is 119 Å². The van der Waals surface area contributed by atoms with Crippen LogP contribution >= 0.6 is 11.6 Å². The van der Waals surface area contributed by atoms with Crippen LogP contribution in [0.3, 0.4) is 0 Å². The van der Waals surface area contributed by atoms with Gasteiger partial charge in [-0.3, -0.25) is 4.79 Å². The van der Waals surface area contributed by atoms with Crippen LogP contribution in [0.1, 0.15) is 42.1 Å². The number of ether oxygens (including phenoxy) is 1. The fourth-order valence-corrected chi connectivity index (χ4v) is 3.50. The van der Waals surface area contributed by atoms with Gasteiger partial charge in [-0.15, -0.1) is 0 Å². The van der Waals surface area contributed by atoms with E-state index in [9.17, 15) is 14.7 Å². The molecule has 3 aromatic rings. The van der Waals surface area contributed by atoms with Gasteiger partial charge in [0.25, 0.3) is 5.91 Å². The Hall–Kier alpha value is -3.33. The minimum absolute atomic E-state index is 0.0828.